The second kappa shape index (κ2) is 6.37. The minimum atomic E-state index is 0.0518. The van der Waals surface area contributed by atoms with Gasteiger partial charge in [0.15, 0.2) is 0 Å². The van der Waals surface area contributed by atoms with Gasteiger partial charge >= 0.3 is 0 Å². The minimum Gasteiger partial charge on any atom is -0.320 e. The van der Waals surface area contributed by atoms with Gasteiger partial charge in [-0.05, 0) is 44.6 Å². The lowest BCUT2D eigenvalue weighted by molar-refractivity contribution is 0.429. The summed E-state index contributed by atoms with van der Waals surface area (Å²) in [5.41, 5.74) is 1.95. The van der Waals surface area contributed by atoms with Crippen LogP contribution in [-0.2, 0) is 0 Å². The summed E-state index contributed by atoms with van der Waals surface area (Å²) >= 11 is 12.0. The largest absolute Gasteiger partial charge is 0.320 e. The van der Waals surface area contributed by atoms with Crippen molar-refractivity contribution in [3.63, 3.8) is 0 Å². The summed E-state index contributed by atoms with van der Waals surface area (Å²) in [6, 6.07) is 5.70. The molecule has 0 aliphatic rings. The molecule has 2 rings (SSSR count). The van der Waals surface area contributed by atoms with E-state index in [2.05, 4.69) is 15.5 Å². The molecule has 0 saturated heterocycles. The number of hydrogen-bond acceptors (Lipinski definition) is 3. The van der Waals surface area contributed by atoms with Crippen molar-refractivity contribution in [2.45, 2.75) is 19.4 Å². The zero-order chi connectivity index (χ0) is 13.8. The van der Waals surface area contributed by atoms with Crippen molar-refractivity contribution in [3.8, 4) is 0 Å². The van der Waals surface area contributed by atoms with Crippen molar-refractivity contribution < 1.29 is 0 Å². The van der Waals surface area contributed by atoms with Gasteiger partial charge in [-0.25, -0.2) is 0 Å². The fraction of sp³-hybridized carbons (Fsp3) is 0.385. The van der Waals surface area contributed by atoms with Crippen LogP contribution < -0.4 is 5.32 Å². The highest BCUT2D eigenvalue weighted by atomic mass is 35.5. The first-order valence-corrected chi connectivity index (χ1v) is 6.85. The molecule has 6 heteroatoms. The molecular weight excluding hydrogens is 283 g/mol. The monoisotopic (exact) mass is 298 g/mol. The Morgan fingerprint density at radius 2 is 2.11 bits per heavy atom. The van der Waals surface area contributed by atoms with Gasteiger partial charge in [0.1, 0.15) is 0 Å². The highest BCUT2D eigenvalue weighted by Crippen LogP contribution is 2.28. The lowest BCUT2D eigenvalue weighted by atomic mass is 10.0. The molecule has 1 aromatic carbocycles. The van der Waals surface area contributed by atoms with Gasteiger partial charge in [0.25, 0.3) is 0 Å². The molecular formula is C13H16Cl2N4. The maximum Gasteiger partial charge on any atom is 0.0978 e. The predicted molar refractivity (Wildman–Crippen MR) is 77.9 cm³/mol. The lowest BCUT2D eigenvalue weighted by Crippen LogP contribution is -2.19. The average Bonchev–Trinajstić information content (AvgIpc) is 2.80. The summed E-state index contributed by atoms with van der Waals surface area (Å²) in [7, 11) is 1.92. The number of benzene rings is 1. The molecule has 0 radical (unpaired) electrons. The fourth-order valence-corrected chi connectivity index (χ4v) is 2.23. The summed E-state index contributed by atoms with van der Waals surface area (Å²) in [5.74, 6) is 0. The maximum atomic E-state index is 6.09. The van der Waals surface area contributed by atoms with E-state index >= 15 is 0 Å². The number of aryl methyl sites for hydroxylation is 1. The second-order valence-corrected chi connectivity index (χ2v) is 5.20. The molecule has 0 spiro atoms. The van der Waals surface area contributed by atoms with E-state index in [4.69, 9.17) is 23.2 Å². The third-order valence-electron chi connectivity index (χ3n) is 2.90. The zero-order valence-electron chi connectivity index (χ0n) is 10.9. The van der Waals surface area contributed by atoms with E-state index in [1.54, 1.807) is 11.0 Å². The lowest BCUT2D eigenvalue weighted by Gasteiger charge is -2.17. The number of rotatable bonds is 5. The van der Waals surface area contributed by atoms with Gasteiger partial charge in [-0.1, -0.05) is 29.3 Å². The second-order valence-electron chi connectivity index (χ2n) is 4.39. The summed E-state index contributed by atoms with van der Waals surface area (Å²) in [4.78, 5) is 1.73. The van der Waals surface area contributed by atoms with Crippen molar-refractivity contribution in [1.82, 2.24) is 20.3 Å². The van der Waals surface area contributed by atoms with Gasteiger partial charge in [0.2, 0.25) is 0 Å². The van der Waals surface area contributed by atoms with Crippen LogP contribution in [0.15, 0.2) is 24.4 Å². The van der Waals surface area contributed by atoms with E-state index in [9.17, 15) is 0 Å². The molecule has 0 aliphatic heterocycles. The number of aromatic nitrogens is 3. The van der Waals surface area contributed by atoms with Crippen molar-refractivity contribution >= 4 is 23.2 Å². The quantitative estimate of drug-likeness (QED) is 0.922. The van der Waals surface area contributed by atoms with Crippen LogP contribution in [0.2, 0.25) is 10.0 Å². The van der Waals surface area contributed by atoms with Crippen LogP contribution in [0.25, 0.3) is 0 Å². The molecule has 2 aromatic rings. The van der Waals surface area contributed by atoms with Crippen LogP contribution in [0.1, 0.15) is 23.7 Å². The Morgan fingerprint density at radius 1 is 1.32 bits per heavy atom. The van der Waals surface area contributed by atoms with E-state index in [0.29, 0.717) is 10.0 Å². The Labute approximate surface area is 122 Å². The molecule has 1 heterocycles. The summed E-state index contributed by atoms with van der Waals surface area (Å²) < 4.78 is 0. The SMILES string of the molecule is CNCC[C@@H](c1ccc(Cl)c(Cl)c1)n1ncc(C)n1. The van der Waals surface area contributed by atoms with Gasteiger partial charge < -0.3 is 5.32 Å². The Balaban J connectivity index is 2.33. The highest BCUT2D eigenvalue weighted by Gasteiger charge is 2.16. The van der Waals surface area contributed by atoms with E-state index in [1.807, 2.05) is 32.2 Å². The van der Waals surface area contributed by atoms with E-state index < -0.39 is 0 Å². The van der Waals surface area contributed by atoms with E-state index in [0.717, 1.165) is 24.2 Å². The Hall–Kier alpha value is -1.10. The Morgan fingerprint density at radius 3 is 2.68 bits per heavy atom. The first kappa shape index (κ1) is 14.3. The molecule has 102 valence electrons. The molecule has 19 heavy (non-hydrogen) atoms. The van der Waals surface area contributed by atoms with Crippen molar-refractivity contribution in [1.29, 1.82) is 0 Å². The summed E-state index contributed by atoms with van der Waals surface area (Å²) in [6.07, 6.45) is 2.63. The van der Waals surface area contributed by atoms with Crippen LogP contribution in [0.5, 0.6) is 0 Å². The topological polar surface area (TPSA) is 42.7 Å². The van der Waals surface area contributed by atoms with Crippen molar-refractivity contribution in [2.24, 2.45) is 0 Å². The molecule has 0 aliphatic carbocycles. The minimum absolute atomic E-state index is 0.0518. The van der Waals surface area contributed by atoms with E-state index in [-0.39, 0.29) is 6.04 Å². The van der Waals surface area contributed by atoms with Gasteiger partial charge in [0, 0.05) is 0 Å². The van der Waals surface area contributed by atoms with Gasteiger partial charge in [-0.15, -0.1) is 0 Å². The van der Waals surface area contributed by atoms with Crippen LogP contribution in [0.4, 0.5) is 0 Å². The Kier molecular flexibility index (Phi) is 4.80. The van der Waals surface area contributed by atoms with Gasteiger partial charge in [-0.2, -0.15) is 15.0 Å². The summed E-state index contributed by atoms with van der Waals surface area (Å²) in [6.45, 7) is 2.79. The third-order valence-corrected chi connectivity index (χ3v) is 3.64. The molecule has 0 bridgehead atoms. The fourth-order valence-electron chi connectivity index (χ4n) is 1.92. The highest BCUT2D eigenvalue weighted by molar-refractivity contribution is 6.42. The van der Waals surface area contributed by atoms with Crippen molar-refractivity contribution in [3.05, 3.63) is 45.7 Å². The molecule has 1 N–H and O–H groups in total. The molecule has 1 atom stereocenters. The Bertz CT molecular complexity index is 553. The molecule has 0 saturated carbocycles. The van der Waals surface area contributed by atoms with Crippen molar-refractivity contribution in [2.75, 3.05) is 13.6 Å². The first-order valence-electron chi connectivity index (χ1n) is 6.10. The first-order chi connectivity index (χ1) is 9.11. The van der Waals surface area contributed by atoms with E-state index in [1.165, 1.54) is 0 Å². The number of hydrogen-bond donors (Lipinski definition) is 1. The smallest absolute Gasteiger partial charge is 0.0978 e. The van der Waals surface area contributed by atoms with Crippen LogP contribution in [0, 0.1) is 6.92 Å². The van der Waals surface area contributed by atoms with Gasteiger partial charge in [0.05, 0.1) is 28.0 Å². The summed E-state index contributed by atoms with van der Waals surface area (Å²) in [5, 5.41) is 12.9. The third kappa shape index (κ3) is 3.47. The molecule has 0 unspecified atom stereocenters. The van der Waals surface area contributed by atoms with Crippen LogP contribution in [0.3, 0.4) is 0 Å². The van der Waals surface area contributed by atoms with Crippen LogP contribution in [-0.4, -0.2) is 28.6 Å². The molecule has 0 fully saturated rings. The standard InChI is InChI=1S/C13H16Cl2N4/c1-9-8-17-19(18-9)13(5-6-16-2)10-3-4-11(14)12(15)7-10/h3-4,7-8,13,16H,5-6H2,1-2H3/t13-/m0/s1. The number of halogens is 2. The molecule has 0 amide bonds. The molecule has 1 aromatic heterocycles. The average molecular weight is 299 g/mol. The number of nitrogens with zero attached hydrogens (tertiary/aromatic N) is 3. The zero-order valence-corrected chi connectivity index (χ0v) is 12.4. The maximum absolute atomic E-state index is 6.09. The molecule has 4 nitrogen and oxygen atoms in total. The normalized spacial score (nSPS) is 12.6. The predicted octanol–water partition coefficient (Wildman–Crippen LogP) is 3.09. The van der Waals surface area contributed by atoms with Gasteiger partial charge in [-0.3, -0.25) is 0 Å². The number of nitrogens with one attached hydrogen (secondary N) is 1. The van der Waals surface area contributed by atoms with Crippen LogP contribution >= 0.6 is 23.2 Å².